The number of alkyl halides is 3. The van der Waals surface area contributed by atoms with E-state index in [1.807, 2.05) is 0 Å². The van der Waals surface area contributed by atoms with E-state index in [2.05, 4.69) is 9.47 Å². The third-order valence-corrected chi connectivity index (χ3v) is 2.00. The molecule has 0 bridgehead atoms. The Morgan fingerprint density at radius 2 is 2.06 bits per heavy atom. The molecule has 0 atom stereocenters. The number of hydrogen-bond acceptors (Lipinski definition) is 3. The van der Waals surface area contributed by atoms with Gasteiger partial charge in [0.25, 0.3) is 0 Å². The zero-order chi connectivity index (χ0) is 13.1. The lowest BCUT2D eigenvalue weighted by Crippen LogP contribution is -2.19. The fraction of sp³-hybridized carbons (Fsp3) is 0.300. The van der Waals surface area contributed by atoms with Gasteiger partial charge in [-0.2, -0.15) is 0 Å². The van der Waals surface area contributed by atoms with Crippen LogP contribution in [0.2, 0.25) is 5.02 Å². The van der Waals surface area contributed by atoms with E-state index in [0.717, 1.165) is 6.07 Å². The molecule has 0 saturated heterocycles. The van der Waals surface area contributed by atoms with Crippen LogP contribution in [-0.2, 0) is 4.74 Å². The molecule has 0 N–H and O–H groups in total. The number of benzene rings is 1. The molecule has 0 aliphatic rings. The summed E-state index contributed by atoms with van der Waals surface area (Å²) in [5.74, 6) is -1.64. The average molecular weight is 269 g/mol. The molecule has 0 aliphatic heterocycles. The first-order chi connectivity index (χ1) is 7.85. The Morgan fingerprint density at radius 1 is 1.41 bits per heavy atom. The highest BCUT2D eigenvalue weighted by molar-refractivity contribution is 6.34. The van der Waals surface area contributed by atoms with Crippen LogP contribution < -0.4 is 4.74 Å². The smallest absolute Gasteiger partial charge is 0.462 e. The molecule has 1 rings (SSSR count). The van der Waals surface area contributed by atoms with E-state index < -0.39 is 23.6 Å². The summed E-state index contributed by atoms with van der Waals surface area (Å²) in [6.07, 6.45) is -4.90. The number of hydrogen-bond donors (Lipinski definition) is 0. The summed E-state index contributed by atoms with van der Waals surface area (Å²) < 4.78 is 44.5. The summed E-state index contributed by atoms with van der Waals surface area (Å²) in [5, 5.41) is -0.162. The van der Waals surface area contributed by atoms with Crippen LogP contribution in [0, 0.1) is 0 Å². The van der Waals surface area contributed by atoms with Gasteiger partial charge in [-0.1, -0.05) is 17.7 Å². The zero-order valence-electron chi connectivity index (χ0n) is 8.68. The topological polar surface area (TPSA) is 35.5 Å². The van der Waals surface area contributed by atoms with E-state index in [1.54, 1.807) is 0 Å². The Balaban J connectivity index is 3.13. The molecule has 0 aromatic heterocycles. The van der Waals surface area contributed by atoms with Gasteiger partial charge in [-0.05, 0) is 19.1 Å². The third kappa shape index (κ3) is 3.81. The lowest BCUT2D eigenvalue weighted by molar-refractivity contribution is -0.274. The Hall–Kier alpha value is -1.43. The number of carbonyl (C=O) groups excluding carboxylic acids is 1. The summed E-state index contributed by atoms with van der Waals surface area (Å²) in [6, 6.07) is 3.51. The molecule has 7 heteroatoms. The number of esters is 1. The first kappa shape index (κ1) is 13.6. The second kappa shape index (κ2) is 5.27. The van der Waals surface area contributed by atoms with Crippen molar-refractivity contribution in [1.29, 1.82) is 0 Å². The standard InChI is InChI=1S/C10H8ClF3O3/c1-2-16-9(15)8-6(11)4-3-5-7(8)17-10(12,13)14/h3-5H,2H2,1H3. The molecule has 0 radical (unpaired) electrons. The van der Waals surface area contributed by atoms with Crippen molar-refractivity contribution in [3.8, 4) is 5.75 Å². The van der Waals surface area contributed by atoms with Gasteiger partial charge in [-0.15, -0.1) is 13.2 Å². The molecule has 17 heavy (non-hydrogen) atoms. The summed E-state index contributed by atoms with van der Waals surface area (Å²) in [6.45, 7) is 1.55. The van der Waals surface area contributed by atoms with Crippen molar-refractivity contribution in [3.05, 3.63) is 28.8 Å². The van der Waals surface area contributed by atoms with Crippen molar-refractivity contribution in [2.24, 2.45) is 0 Å². The lowest BCUT2D eigenvalue weighted by Gasteiger charge is -2.13. The largest absolute Gasteiger partial charge is 0.573 e. The molecule has 0 fully saturated rings. The molecule has 0 heterocycles. The molecule has 1 aromatic carbocycles. The van der Waals surface area contributed by atoms with E-state index in [1.165, 1.54) is 19.1 Å². The highest BCUT2D eigenvalue weighted by Gasteiger charge is 2.33. The second-order valence-corrected chi connectivity index (χ2v) is 3.29. The molecule has 94 valence electrons. The SMILES string of the molecule is CCOC(=O)c1c(Cl)cccc1OC(F)(F)F. The van der Waals surface area contributed by atoms with Gasteiger partial charge in [0.15, 0.2) is 0 Å². The van der Waals surface area contributed by atoms with E-state index in [4.69, 9.17) is 11.6 Å². The van der Waals surface area contributed by atoms with Crippen LogP contribution >= 0.6 is 11.6 Å². The van der Waals surface area contributed by atoms with Crippen LogP contribution in [-0.4, -0.2) is 18.9 Å². The van der Waals surface area contributed by atoms with E-state index >= 15 is 0 Å². The summed E-state index contributed by atoms with van der Waals surface area (Å²) in [7, 11) is 0. The Labute approximate surface area is 100 Å². The molecule has 0 amide bonds. The van der Waals surface area contributed by atoms with Gasteiger partial charge >= 0.3 is 12.3 Å². The average Bonchev–Trinajstić information content (AvgIpc) is 2.15. The van der Waals surface area contributed by atoms with Crippen LogP contribution in [0.4, 0.5) is 13.2 Å². The Morgan fingerprint density at radius 3 is 2.59 bits per heavy atom. The molecular weight excluding hydrogens is 261 g/mol. The normalized spacial score (nSPS) is 11.1. The summed E-state index contributed by atoms with van der Waals surface area (Å²) >= 11 is 5.64. The van der Waals surface area contributed by atoms with Gasteiger partial charge < -0.3 is 9.47 Å². The Kier molecular flexibility index (Phi) is 4.22. The van der Waals surface area contributed by atoms with Gasteiger partial charge in [-0.3, -0.25) is 0 Å². The maximum Gasteiger partial charge on any atom is 0.573 e. The number of ether oxygens (including phenoxy) is 2. The van der Waals surface area contributed by atoms with Crippen LogP contribution in [0.15, 0.2) is 18.2 Å². The fourth-order valence-electron chi connectivity index (χ4n) is 1.12. The zero-order valence-corrected chi connectivity index (χ0v) is 9.43. The maximum atomic E-state index is 12.1. The number of rotatable bonds is 3. The van der Waals surface area contributed by atoms with Gasteiger partial charge in [0.05, 0.1) is 11.6 Å². The van der Waals surface area contributed by atoms with Gasteiger partial charge in [0.2, 0.25) is 0 Å². The Bertz CT molecular complexity index is 418. The molecule has 0 saturated carbocycles. The fourth-order valence-corrected chi connectivity index (χ4v) is 1.36. The van der Waals surface area contributed by atoms with Crippen molar-refractivity contribution in [2.75, 3.05) is 6.61 Å². The van der Waals surface area contributed by atoms with Crippen molar-refractivity contribution in [2.45, 2.75) is 13.3 Å². The predicted octanol–water partition coefficient (Wildman–Crippen LogP) is 3.42. The first-order valence-electron chi connectivity index (χ1n) is 4.56. The predicted molar refractivity (Wildman–Crippen MR) is 54.1 cm³/mol. The van der Waals surface area contributed by atoms with Crippen molar-refractivity contribution in [3.63, 3.8) is 0 Å². The minimum absolute atomic E-state index is 0.0233. The van der Waals surface area contributed by atoms with Crippen LogP contribution in [0.25, 0.3) is 0 Å². The van der Waals surface area contributed by atoms with Crippen molar-refractivity contribution in [1.82, 2.24) is 0 Å². The van der Waals surface area contributed by atoms with Crippen LogP contribution in [0.5, 0.6) is 5.75 Å². The molecule has 0 unspecified atom stereocenters. The minimum atomic E-state index is -4.90. The summed E-state index contributed by atoms with van der Waals surface area (Å²) in [4.78, 5) is 11.4. The van der Waals surface area contributed by atoms with Crippen LogP contribution in [0.1, 0.15) is 17.3 Å². The second-order valence-electron chi connectivity index (χ2n) is 2.88. The van der Waals surface area contributed by atoms with Crippen LogP contribution in [0.3, 0.4) is 0 Å². The van der Waals surface area contributed by atoms with E-state index in [0.29, 0.717) is 0 Å². The number of halogens is 4. The molecule has 0 spiro atoms. The molecule has 3 nitrogen and oxygen atoms in total. The third-order valence-electron chi connectivity index (χ3n) is 1.68. The van der Waals surface area contributed by atoms with E-state index in [-0.39, 0.29) is 11.6 Å². The maximum absolute atomic E-state index is 12.1. The quantitative estimate of drug-likeness (QED) is 0.788. The first-order valence-corrected chi connectivity index (χ1v) is 4.94. The molecular formula is C10H8ClF3O3. The summed E-state index contributed by atoms with van der Waals surface area (Å²) in [5.41, 5.74) is -0.437. The highest BCUT2D eigenvalue weighted by Crippen LogP contribution is 2.31. The molecule has 0 aliphatic carbocycles. The van der Waals surface area contributed by atoms with Crippen molar-refractivity contribution >= 4 is 17.6 Å². The van der Waals surface area contributed by atoms with Gasteiger partial charge in [0.1, 0.15) is 11.3 Å². The van der Waals surface area contributed by atoms with Gasteiger partial charge in [0, 0.05) is 0 Å². The molecule has 1 aromatic rings. The lowest BCUT2D eigenvalue weighted by atomic mass is 10.2. The number of carbonyl (C=O) groups is 1. The highest BCUT2D eigenvalue weighted by atomic mass is 35.5. The van der Waals surface area contributed by atoms with Gasteiger partial charge in [-0.25, -0.2) is 4.79 Å². The monoisotopic (exact) mass is 268 g/mol. The van der Waals surface area contributed by atoms with Crippen molar-refractivity contribution < 1.29 is 27.4 Å². The minimum Gasteiger partial charge on any atom is -0.462 e. The van der Waals surface area contributed by atoms with E-state index in [9.17, 15) is 18.0 Å².